The van der Waals surface area contributed by atoms with Gasteiger partial charge in [0, 0.05) is 35.4 Å². The summed E-state index contributed by atoms with van der Waals surface area (Å²) in [6, 6.07) is 13.8. The van der Waals surface area contributed by atoms with E-state index in [1.807, 2.05) is 36.4 Å². The fourth-order valence-electron chi connectivity index (χ4n) is 7.04. The SMILES string of the molecule is CC(C)c1ccccc1-c1cc(C(C)(C)C(=O)NC(=O)S(=O)C(C)C)ccc1O[C@@H]1CC[C@@H](C=C=CC(=O)[C@@]2(F)CNC3(CCC3)C2)C1. The first-order valence-electron chi connectivity index (χ1n) is 17.2. The molecule has 0 bridgehead atoms. The van der Waals surface area contributed by atoms with Crippen LogP contribution in [0.4, 0.5) is 9.18 Å². The first-order valence-corrected chi connectivity index (χ1v) is 18.4. The number of amides is 2. The fraction of sp³-hybridized carbons (Fsp3) is 0.538. The van der Waals surface area contributed by atoms with Gasteiger partial charge in [0.1, 0.15) is 16.5 Å². The minimum Gasteiger partial charge on any atom is -0.490 e. The number of halogens is 1. The maximum Gasteiger partial charge on any atom is 0.316 e. The molecular formula is C39H49FN2O5S. The van der Waals surface area contributed by atoms with Crippen LogP contribution in [-0.4, -0.2) is 50.2 Å². The van der Waals surface area contributed by atoms with Crippen molar-refractivity contribution in [2.45, 2.75) is 120 Å². The molecule has 1 saturated heterocycles. The van der Waals surface area contributed by atoms with Crippen LogP contribution in [0.15, 0.2) is 60.3 Å². The van der Waals surface area contributed by atoms with Gasteiger partial charge in [-0.25, -0.2) is 8.60 Å². The van der Waals surface area contributed by atoms with Crippen molar-refractivity contribution in [3.8, 4) is 16.9 Å². The zero-order valence-corrected chi connectivity index (χ0v) is 29.8. The lowest BCUT2D eigenvalue weighted by atomic mass is 9.73. The second-order valence-electron chi connectivity index (χ2n) is 15.0. The van der Waals surface area contributed by atoms with Crippen LogP contribution in [0, 0.1) is 5.92 Å². The Morgan fingerprint density at radius 3 is 2.46 bits per heavy atom. The maximum atomic E-state index is 15.4. The van der Waals surface area contributed by atoms with Gasteiger partial charge in [0.15, 0.2) is 5.67 Å². The van der Waals surface area contributed by atoms with Gasteiger partial charge in [-0.3, -0.25) is 19.7 Å². The van der Waals surface area contributed by atoms with Crippen molar-refractivity contribution in [3.63, 3.8) is 0 Å². The quantitative estimate of drug-likeness (QED) is 0.199. The normalized spacial score (nSPS) is 23.8. The van der Waals surface area contributed by atoms with E-state index in [0.29, 0.717) is 11.3 Å². The zero-order valence-electron chi connectivity index (χ0n) is 29.0. The average Bonchev–Trinajstić information content (AvgIpc) is 3.65. The number of allylic oxidation sites excluding steroid dienone is 1. The molecule has 1 heterocycles. The number of alkyl halides is 1. The number of ketones is 1. The Morgan fingerprint density at radius 2 is 1.81 bits per heavy atom. The summed E-state index contributed by atoms with van der Waals surface area (Å²) in [6.07, 6.45) is 8.66. The van der Waals surface area contributed by atoms with Gasteiger partial charge in [-0.05, 0) is 99.1 Å². The number of carbonyl (C=O) groups excluding carboxylic acids is 3. The van der Waals surface area contributed by atoms with Crippen molar-refractivity contribution < 1.29 is 27.7 Å². The molecule has 3 aliphatic rings. The van der Waals surface area contributed by atoms with E-state index in [-0.39, 0.29) is 36.4 Å². The summed E-state index contributed by atoms with van der Waals surface area (Å²) in [4.78, 5) is 38.5. The molecule has 4 atom stereocenters. The number of ether oxygens (including phenoxy) is 1. The molecule has 1 aliphatic heterocycles. The molecule has 258 valence electrons. The summed E-state index contributed by atoms with van der Waals surface area (Å²) >= 11 is 0. The molecule has 2 aliphatic carbocycles. The number of imide groups is 1. The van der Waals surface area contributed by atoms with Crippen LogP contribution in [0.2, 0.25) is 0 Å². The van der Waals surface area contributed by atoms with Crippen molar-refractivity contribution in [2.24, 2.45) is 5.92 Å². The second-order valence-corrected chi connectivity index (χ2v) is 16.9. The third kappa shape index (κ3) is 7.59. The number of benzene rings is 2. The number of rotatable bonds is 10. The zero-order chi connectivity index (χ0) is 34.9. The van der Waals surface area contributed by atoms with Crippen molar-refractivity contribution in [1.82, 2.24) is 10.6 Å². The van der Waals surface area contributed by atoms with Crippen LogP contribution < -0.4 is 15.4 Å². The largest absolute Gasteiger partial charge is 0.490 e. The van der Waals surface area contributed by atoms with Gasteiger partial charge in [-0.1, -0.05) is 58.0 Å². The summed E-state index contributed by atoms with van der Waals surface area (Å²) in [5, 5.41) is 4.40. The van der Waals surface area contributed by atoms with E-state index < -0.39 is 44.1 Å². The Kier molecular flexibility index (Phi) is 10.6. The van der Waals surface area contributed by atoms with Crippen molar-refractivity contribution in [1.29, 1.82) is 0 Å². The van der Waals surface area contributed by atoms with Crippen LogP contribution in [-0.2, 0) is 25.8 Å². The predicted octanol–water partition coefficient (Wildman–Crippen LogP) is 7.60. The van der Waals surface area contributed by atoms with E-state index in [1.54, 1.807) is 27.7 Å². The number of nitrogens with one attached hydrogen (secondary N) is 2. The van der Waals surface area contributed by atoms with Crippen molar-refractivity contribution >= 4 is 27.7 Å². The molecule has 2 amide bonds. The van der Waals surface area contributed by atoms with Crippen LogP contribution in [0.1, 0.15) is 104 Å². The summed E-state index contributed by atoms with van der Waals surface area (Å²) < 4.78 is 34.3. The molecule has 2 N–H and O–H groups in total. The number of hydrogen-bond donors (Lipinski definition) is 2. The van der Waals surface area contributed by atoms with E-state index in [9.17, 15) is 18.6 Å². The van der Waals surface area contributed by atoms with Gasteiger partial charge in [-0.15, -0.1) is 5.73 Å². The first-order chi connectivity index (χ1) is 22.6. The summed E-state index contributed by atoms with van der Waals surface area (Å²) in [7, 11) is -1.82. The second kappa shape index (κ2) is 14.2. The topological polar surface area (TPSA) is 102 Å². The van der Waals surface area contributed by atoms with Gasteiger partial charge >= 0.3 is 5.24 Å². The van der Waals surface area contributed by atoms with Gasteiger partial charge in [0.25, 0.3) is 0 Å². The Morgan fingerprint density at radius 1 is 1.08 bits per heavy atom. The lowest BCUT2D eigenvalue weighted by molar-refractivity contribution is -0.125. The molecule has 2 aromatic carbocycles. The standard InChI is InChI=1S/C39H49FN2O5S/c1-25(2)30-12-7-8-13-31(30)32-22-28(37(5,6)35(44)42-36(45)48(46)26(3)4)16-18-33(32)47-29-17-15-27(21-29)11-9-14-34(43)39(40)23-38(41-24-39)19-10-20-38/h7-8,11-14,16,18,22,25-27,29,41H,10,15,17,19-21,23-24H2,1-6H3,(H,42,44,45)/t9?,27-,29-,39+,48?/m1/s1. The molecular weight excluding hydrogens is 628 g/mol. The molecule has 0 aromatic heterocycles. The van der Waals surface area contributed by atoms with Gasteiger partial charge < -0.3 is 10.1 Å². The molecule has 2 saturated carbocycles. The molecule has 3 fully saturated rings. The summed E-state index contributed by atoms with van der Waals surface area (Å²) in [5.41, 5.74) is 3.52. The van der Waals surface area contributed by atoms with E-state index in [2.05, 4.69) is 42.3 Å². The van der Waals surface area contributed by atoms with Gasteiger partial charge in [0.2, 0.25) is 11.7 Å². The highest BCUT2D eigenvalue weighted by molar-refractivity contribution is 8.00. The monoisotopic (exact) mass is 676 g/mol. The minimum atomic E-state index is -1.85. The van der Waals surface area contributed by atoms with Crippen molar-refractivity contribution in [2.75, 3.05) is 6.54 Å². The van der Waals surface area contributed by atoms with Gasteiger partial charge in [0.05, 0.1) is 11.5 Å². The van der Waals surface area contributed by atoms with Crippen LogP contribution in [0.5, 0.6) is 5.75 Å². The molecule has 48 heavy (non-hydrogen) atoms. The van der Waals surface area contributed by atoms with E-state index in [0.717, 1.165) is 55.2 Å². The predicted molar refractivity (Wildman–Crippen MR) is 188 cm³/mol. The molecule has 2 aromatic rings. The third-order valence-corrected chi connectivity index (χ3v) is 11.7. The van der Waals surface area contributed by atoms with E-state index in [4.69, 9.17) is 4.74 Å². The lowest BCUT2D eigenvalue weighted by Gasteiger charge is -2.38. The number of hydrogen-bond acceptors (Lipinski definition) is 6. The molecule has 7 nitrogen and oxygen atoms in total. The van der Waals surface area contributed by atoms with E-state index >= 15 is 4.39 Å². The highest BCUT2D eigenvalue weighted by atomic mass is 32.2. The Balaban J connectivity index is 1.34. The molecule has 0 radical (unpaired) electrons. The summed E-state index contributed by atoms with van der Waals surface area (Å²) in [5.74, 6) is 0.0370. The lowest BCUT2D eigenvalue weighted by Crippen LogP contribution is -2.45. The molecule has 1 unspecified atom stereocenters. The van der Waals surface area contributed by atoms with Crippen molar-refractivity contribution in [3.05, 3.63) is 71.5 Å². The van der Waals surface area contributed by atoms with Crippen LogP contribution >= 0.6 is 0 Å². The highest BCUT2D eigenvalue weighted by Gasteiger charge is 2.54. The minimum absolute atomic E-state index is 0.0729. The molecule has 1 spiro atoms. The van der Waals surface area contributed by atoms with Gasteiger partial charge in [-0.2, -0.15) is 0 Å². The van der Waals surface area contributed by atoms with Crippen LogP contribution in [0.3, 0.4) is 0 Å². The first kappa shape index (κ1) is 35.9. The maximum absolute atomic E-state index is 15.4. The molecule has 5 rings (SSSR count). The highest BCUT2D eigenvalue weighted by Crippen LogP contribution is 2.45. The Labute approximate surface area is 286 Å². The fourth-order valence-corrected chi connectivity index (χ4v) is 7.66. The third-order valence-electron chi connectivity index (χ3n) is 10.3. The van der Waals surface area contributed by atoms with E-state index in [1.165, 1.54) is 6.08 Å². The Hall–Kier alpha value is -3.39. The molecule has 9 heteroatoms. The summed E-state index contributed by atoms with van der Waals surface area (Å²) in [6.45, 7) is 11.2. The Bertz CT molecular complexity index is 1660. The smallest absolute Gasteiger partial charge is 0.316 e. The average molecular weight is 677 g/mol. The number of carbonyl (C=O) groups is 3. The van der Waals surface area contributed by atoms with Crippen LogP contribution in [0.25, 0.3) is 11.1 Å².